The molecule has 1 unspecified atom stereocenters. The Hall–Kier alpha value is -5.93. The van der Waals surface area contributed by atoms with E-state index in [1.54, 1.807) is 0 Å². The minimum Gasteiger partial charge on any atom is -0.500 e. The summed E-state index contributed by atoms with van der Waals surface area (Å²) in [7, 11) is 0. The van der Waals surface area contributed by atoms with Gasteiger partial charge in [-0.25, -0.2) is 0 Å². The van der Waals surface area contributed by atoms with Crippen molar-refractivity contribution in [1.82, 2.24) is 9.97 Å². The molecule has 4 heteroatoms. The molecule has 0 saturated carbocycles. The van der Waals surface area contributed by atoms with Gasteiger partial charge in [0.1, 0.15) is 5.58 Å². The molecular weight excluding hydrogens is 837 g/mol. The number of nitrogens with zero attached hydrogens (tertiary/aromatic N) is 2. The minimum atomic E-state index is 0. The molecule has 265 valence electrons. The average Bonchev–Trinajstić information content (AvgIpc) is 3.60. The summed E-state index contributed by atoms with van der Waals surface area (Å²) in [6.45, 7) is 4.39. The van der Waals surface area contributed by atoms with Gasteiger partial charge >= 0.3 is 0 Å². The molecule has 0 saturated heterocycles. The number of hydrogen-bond donors (Lipinski definition) is 0. The largest absolute Gasteiger partial charge is 0.500 e. The van der Waals surface area contributed by atoms with E-state index in [-0.39, 0.29) is 20.1 Å². The summed E-state index contributed by atoms with van der Waals surface area (Å²) >= 11 is 0. The fraction of sp³-hybridized carbons (Fsp3) is 0.0800. The second-order valence-corrected chi connectivity index (χ2v) is 13.4. The second kappa shape index (κ2) is 16.8. The number of hydrogen-bond acceptors (Lipinski definition) is 3. The van der Waals surface area contributed by atoms with Gasteiger partial charge in [0.25, 0.3) is 0 Å². The van der Waals surface area contributed by atoms with Crippen LogP contribution in [0.3, 0.4) is 0 Å². The predicted octanol–water partition coefficient (Wildman–Crippen LogP) is 12.7. The maximum atomic E-state index is 5.89. The van der Waals surface area contributed by atoms with Gasteiger partial charge < -0.3 is 14.4 Å². The molecule has 3 heterocycles. The van der Waals surface area contributed by atoms with E-state index in [0.29, 0.717) is 5.92 Å². The minimum absolute atomic E-state index is 0. The fourth-order valence-electron chi connectivity index (χ4n) is 6.88. The van der Waals surface area contributed by atoms with Gasteiger partial charge in [-0.1, -0.05) is 134 Å². The van der Waals surface area contributed by atoms with Crippen LogP contribution in [-0.4, -0.2) is 9.97 Å². The third-order valence-corrected chi connectivity index (χ3v) is 9.76. The number of benzene rings is 6. The summed E-state index contributed by atoms with van der Waals surface area (Å²) in [4.78, 5) is 9.25. The van der Waals surface area contributed by atoms with Crippen LogP contribution < -0.4 is 0 Å². The number of rotatable bonds is 7. The predicted molar refractivity (Wildman–Crippen MR) is 218 cm³/mol. The van der Waals surface area contributed by atoms with Crippen molar-refractivity contribution in [3.63, 3.8) is 0 Å². The van der Waals surface area contributed by atoms with Crippen molar-refractivity contribution in [1.29, 1.82) is 0 Å². The first-order chi connectivity index (χ1) is 26.1. The van der Waals surface area contributed by atoms with Gasteiger partial charge in [0, 0.05) is 43.8 Å². The zero-order valence-electron chi connectivity index (χ0n) is 30.2. The van der Waals surface area contributed by atoms with E-state index < -0.39 is 0 Å². The Kier molecular flexibility index (Phi) is 11.3. The Bertz CT molecular complexity index is 2620. The average molecular weight is 875 g/mol. The SMILES string of the molecule is Cc1cnc(-c2[c-]ccc(-c3ccccc3)c2)cc1C(C)c1ccccc1.[Ir].[c-]1cc2oc3ccccc3c2cc1-c1cc(Cc2ccccc2)ccn1. The van der Waals surface area contributed by atoms with Crippen LogP contribution in [0, 0.1) is 19.1 Å². The zero-order chi connectivity index (χ0) is 36.0. The summed E-state index contributed by atoms with van der Waals surface area (Å²) in [5.74, 6) is 0.324. The Balaban J connectivity index is 0.000000164. The molecule has 0 aliphatic heterocycles. The Morgan fingerprint density at radius 2 is 1.28 bits per heavy atom. The van der Waals surface area contributed by atoms with Crippen LogP contribution in [-0.2, 0) is 26.5 Å². The smallest absolute Gasteiger partial charge is 0.120 e. The van der Waals surface area contributed by atoms with E-state index in [4.69, 9.17) is 4.42 Å². The van der Waals surface area contributed by atoms with Crippen LogP contribution in [0.5, 0.6) is 0 Å². The van der Waals surface area contributed by atoms with Crippen LogP contribution in [0.15, 0.2) is 181 Å². The molecule has 1 radical (unpaired) electrons. The summed E-state index contributed by atoms with van der Waals surface area (Å²) in [6, 6.07) is 63.1. The Morgan fingerprint density at radius 1 is 0.593 bits per heavy atom. The van der Waals surface area contributed by atoms with Crippen molar-refractivity contribution < 1.29 is 24.5 Å². The number of aromatic nitrogens is 2. The molecule has 0 fully saturated rings. The molecule has 0 aliphatic rings. The molecule has 6 aromatic carbocycles. The Labute approximate surface area is 330 Å². The molecule has 0 spiro atoms. The number of furan rings is 1. The van der Waals surface area contributed by atoms with Crippen molar-refractivity contribution in [2.75, 3.05) is 0 Å². The summed E-state index contributed by atoms with van der Waals surface area (Å²) in [5.41, 5.74) is 14.4. The first-order valence-corrected chi connectivity index (χ1v) is 18.0. The van der Waals surface area contributed by atoms with E-state index in [0.717, 1.165) is 50.9 Å². The van der Waals surface area contributed by atoms with E-state index in [1.807, 2.05) is 54.9 Å². The van der Waals surface area contributed by atoms with Gasteiger partial charge in [0.2, 0.25) is 0 Å². The van der Waals surface area contributed by atoms with E-state index in [9.17, 15) is 0 Å². The second-order valence-electron chi connectivity index (χ2n) is 13.4. The standard InChI is InChI=1S/C26H22N.C24H16NO.Ir/c1-19-18-27-26(17-25(19)20(2)21-10-5-3-6-11-21)24-15-9-14-23(16-24)22-12-7-4-8-13-22;1-2-6-17(7-3-1)14-18-12-13-25-22(15-18)19-10-11-24-21(16-19)20-8-4-5-9-23(20)26-24;/h3-14,16-18,20H,1-2H3;1-9,11-13,15-16H,14H2;/q2*-1;. The first kappa shape index (κ1) is 36.4. The zero-order valence-corrected chi connectivity index (χ0v) is 32.6. The van der Waals surface area contributed by atoms with Crippen LogP contribution >= 0.6 is 0 Å². The van der Waals surface area contributed by atoms with E-state index in [1.165, 1.54) is 38.9 Å². The molecule has 1 atom stereocenters. The van der Waals surface area contributed by atoms with Gasteiger partial charge in [-0.3, -0.25) is 0 Å². The summed E-state index contributed by atoms with van der Waals surface area (Å²) < 4.78 is 5.89. The maximum Gasteiger partial charge on any atom is 0.120 e. The molecule has 3 aromatic heterocycles. The van der Waals surface area contributed by atoms with Gasteiger partial charge in [-0.2, -0.15) is 0 Å². The van der Waals surface area contributed by atoms with Gasteiger partial charge in [0.15, 0.2) is 0 Å². The quantitative estimate of drug-likeness (QED) is 0.150. The first-order valence-electron chi connectivity index (χ1n) is 18.0. The molecule has 0 N–H and O–H groups in total. The third kappa shape index (κ3) is 8.16. The van der Waals surface area contributed by atoms with Gasteiger partial charge in [0.05, 0.1) is 5.58 Å². The number of fused-ring (bicyclic) bond motifs is 3. The number of pyridine rings is 2. The fourth-order valence-corrected chi connectivity index (χ4v) is 6.88. The molecule has 54 heavy (non-hydrogen) atoms. The third-order valence-electron chi connectivity index (χ3n) is 9.76. The number of para-hydroxylation sites is 1. The molecular formula is C50H38IrN2O-2. The van der Waals surface area contributed by atoms with Crippen LogP contribution in [0.2, 0.25) is 0 Å². The molecule has 0 amide bonds. The van der Waals surface area contributed by atoms with Crippen molar-refractivity contribution in [2.45, 2.75) is 26.2 Å². The molecule has 3 nitrogen and oxygen atoms in total. The normalized spacial score (nSPS) is 11.4. The van der Waals surface area contributed by atoms with Crippen molar-refractivity contribution >= 4 is 21.9 Å². The molecule has 0 aliphatic carbocycles. The summed E-state index contributed by atoms with van der Waals surface area (Å²) in [6.07, 6.45) is 4.75. The Morgan fingerprint density at radius 3 is 2.07 bits per heavy atom. The monoisotopic (exact) mass is 875 g/mol. The molecule has 9 aromatic rings. The van der Waals surface area contributed by atoms with Gasteiger partial charge in [-0.15, -0.1) is 59.2 Å². The van der Waals surface area contributed by atoms with E-state index >= 15 is 0 Å². The van der Waals surface area contributed by atoms with Crippen molar-refractivity contribution in [3.8, 4) is 33.6 Å². The van der Waals surface area contributed by atoms with Crippen LogP contribution in [0.4, 0.5) is 0 Å². The maximum absolute atomic E-state index is 5.89. The van der Waals surface area contributed by atoms with E-state index in [2.05, 4.69) is 157 Å². The molecule has 0 bridgehead atoms. The van der Waals surface area contributed by atoms with Gasteiger partial charge in [-0.05, 0) is 70.2 Å². The summed E-state index contributed by atoms with van der Waals surface area (Å²) in [5, 5.41) is 2.22. The van der Waals surface area contributed by atoms with Crippen molar-refractivity contribution in [3.05, 3.63) is 216 Å². The van der Waals surface area contributed by atoms with Crippen molar-refractivity contribution in [2.24, 2.45) is 0 Å². The van der Waals surface area contributed by atoms with Crippen LogP contribution in [0.25, 0.3) is 55.6 Å². The van der Waals surface area contributed by atoms with Crippen LogP contribution in [0.1, 0.15) is 40.7 Å². The molecule has 9 rings (SSSR count). The topological polar surface area (TPSA) is 38.9 Å². The number of aryl methyl sites for hydroxylation is 1.